The molecule has 4 rings (SSSR count). The van der Waals surface area contributed by atoms with Crippen LogP contribution in [0.2, 0.25) is 0 Å². The number of hydrogen-bond donors (Lipinski definition) is 0. The molecule has 0 unspecified atom stereocenters. The fraction of sp³-hybridized carbons (Fsp3) is 0.333. The molecule has 0 saturated carbocycles. The molecule has 0 aromatic heterocycles. The van der Waals surface area contributed by atoms with Crippen molar-refractivity contribution in [3.05, 3.63) is 120 Å². The first-order valence-electron chi connectivity index (χ1n) is 12.0. The smallest absolute Gasteiger partial charge is 0.186 e. The van der Waals surface area contributed by atoms with E-state index < -0.39 is 18.5 Å². The Morgan fingerprint density at radius 3 is 1.51 bits per heavy atom. The van der Waals surface area contributed by atoms with Gasteiger partial charge in [-0.3, -0.25) is 0 Å². The number of rotatable bonds is 12. The van der Waals surface area contributed by atoms with Crippen molar-refractivity contribution in [1.29, 1.82) is 0 Å². The second kappa shape index (κ2) is 13.3. The van der Waals surface area contributed by atoms with Crippen molar-refractivity contribution in [3.8, 4) is 0 Å². The molecular weight excluding hydrogens is 440 g/mol. The van der Waals surface area contributed by atoms with E-state index in [1.807, 2.05) is 97.1 Å². The lowest BCUT2D eigenvalue weighted by molar-refractivity contribution is -0.317. The highest BCUT2D eigenvalue weighted by Gasteiger charge is 2.48. The SMILES string of the molecule is C=CC[C@H]1O[C@H](OC)[C@@H](OCc2ccccc2)[C@@H](OCc2ccccc2)[C@@H]1OCc1ccccc1. The summed E-state index contributed by atoms with van der Waals surface area (Å²) in [6, 6.07) is 30.3. The van der Waals surface area contributed by atoms with Gasteiger partial charge in [0.25, 0.3) is 0 Å². The van der Waals surface area contributed by atoms with Gasteiger partial charge in [-0.15, -0.1) is 6.58 Å². The molecular formula is C30H34O5. The molecule has 1 heterocycles. The lowest BCUT2D eigenvalue weighted by Crippen LogP contribution is -2.60. The Bertz CT molecular complexity index is 995. The van der Waals surface area contributed by atoms with E-state index in [4.69, 9.17) is 23.7 Å². The van der Waals surface area contributed by atoms with Gasteiger partial charge in [0.1, 0.15) is 18.3 Å². The van der Waals surface area contributed by atoms with Crippen LogP contribution in [0.25, 0.3) is 0 Å². The third kappa shape index (κ3) is 7.10. The van der Waals surface area contributed by atoms with Crippen LogP contribution >= 0.6 is 0 Å². The van der Waals surface area contributed by atoms with Gasteiger partial charge in [-0.2, -0.15) is 0 Å². The summed E-state index contributed by atoms with van der Waals surface area (Å²) in [5, 5.41) is 0. The van der Waals surface area contributed by atoms with Crippen molar-refractivity contribution >= 4 is 0 Å². The molecule has 3 aromatic carbocycles. The van der Waals surface area contributed by atoms with Gasteiger partial charge in [0.05, 0.1) is 25.9 Å². The van der Waals surface area contributed by atoms with Crippen molar-refractivity contribution in [3.63, 3.8) is 0 Å². The van der Waals surface area contributed by atoms with E-state index in [1.165, 1.54) is 0 Å². The molecule has 0 N–H and O–H groups in total. The average molecular weight is 475 g/mol. The molecule has 0 spiro atoms. The van der Waals surface area contributed by atoms with E-state index in [2.05, 4.69) is 6.58 Å². The zero-order chi connectivity index (χ0) is 24.3. The molecule has 1 fully saturated rings. The number of hydrogen-bond acceptors (Lipinski definition) is 5. The van der Waals surface area contributed by atoms with Crippen molar-refractivity contribution in [2.45, 2.75) is 56.9 Å². The van der Waals surface area contributed by atoms with Gasteiger partial charge in [0.15, 0.2) is 6.29 Å². The Balaban J connectivity index is 1.58. The summed E-state index contributed by atoms with van der Waals surface area (Å²) in [6.07, 6.45) is 0.312. The molecule has 5 heteroatoms. The minimum atomic E-state index is -0.596. The number of benzene rings is 3. The van der Waals surface area contributed by atoms with Crippen LogP contribution in [0, 0.1) is 0 Å². The number of methoxy groups -OCH3 is 1. The Labute approximate surface area is 208 Å². The van der Waals surface area contributed by atoms with Crippen LogP contribution in [0.15, 0.2) is 104 Å². The first-order valence-corrected chi connectivity index (χ1v) is 12.0. The summed E-state index contributed by atoms with van der Waals surface area (Å²) in [7, 11) is 1.63. The molecule has 1 aliphatic heterocycles. The van der Waals surface area contributed by atoms with Gasteiger partial charge >= 0.3 is 0 Å². The minimum Gasteiger partial charge on any atom is -0.368 e. The summed E-state index contributed by atoms with van der Waals surface area (Å²) in [6.45, 7) is 5.21. The summed E-state index contributed by atoms with van der Waals surface area (Å²) >= 11 is 0. The molecule has 35 heavy (non-hydrogen) atoms. The van der Waals surface area contributed by atoms with Gasteiger partial charge in [-0.25, -0.2) is 0 Å². The third-order valence-corrected chi connectivity index (χ3v) is 6.08. The standard InChI is InChI=1S/C30H34O5/c1-3-13-26-27(32-20-23-14-7-4-8-15-23)28(33-21-24-16-9-5-10-17-24)29(30(31-2)35-26)34-22-25-18-11-6-12-19-25/h3-12,14-19,26-30H,1,13,20-22H2,2H3/t26-,27-,28+,29+,30+/m1/s1. The van der Waals surface area contributed by atoms with Gasteiger partial charge in [0.2, 0.25) is 0 Å². The lowest BCUT2D eigenvalue weighted by Gasteiger charge is -2.45. The zero-order valence-electron chi connectivity index (χ0n) is 20.2. The predicted octanol–water partition coefficient (Wildman–Crippen LogP) is 5.69. The van der Waals surface area contributed by atoms with Crippen LogP contribution in [0.4, 0.5) is 0 Å². The Morgan fingerprint density at radius 2 is 1.09 bits per heavy atom. The summed E-state index contributed by atoms with van der Waals surface area (Å²) in [5.41, 5.74) is 3.23. The van der Waals surface area contributed by atoms with E-state index in [1.54, 1.807) is 7.11 Å². The topological polar surface area (TPSA) is 46.2 Å². The highest BCUT2D eigenvalue weighted by atomic mass is 16.7. The Hall–Kier alpha value is -2.80. The fourth-order valence-corrected chi connectivity index (χ4v) is 4.29. The predicted molar refractivity (Wildman–Crippen MR) is 136 cm³/mol. The fourth-order valence-electron chi connectivity index (χ4n) is 4.29. The third-order valence-electron chi connectivity index (χ3n) is 6.08. The summed E-state index contributed by atoms with van der Waals surface area (Å²) in [4.78, 5) is 0. The highest BCUT2D eigenvalue weighted by molar-refractivity contribution is 5.15. The molecule has 0 radical (unpaired) electrons. The monoisotopic (exact) mass is 474 g/mol. The van der Waals surface area contributed by atoms with Crippen LogP contribution in [-0.2, 0) is 43.5 Å². The van der Waals surface area contributed by atoms with Gasteiger partial charge in [0, 0.05) is 7.11 Å². The molecule has 184 valence electrons. The van der Waals surface area contributed by atoms with Crippen LogP contribution in [0.5, 0.6) is 0 Å². The second-order valence-corrected chi connectivity index (χ2v) is 8.59. The van der Waals surface area contributed by atoms with E-state index in [9.17, 15) is 0 Å². The molecule has 5 atom stereocenters. The maximum atomic E-state index is 6.54. The van der Waals surface area contributed by atoms with Crippen molar-refractivity contribution in [2.24, 2.45) is 0 Å². The van der Waals surface area contributed by atoms with E-state index in [0.29, 0.717) is 26.2 Å². The molecule has 3 aromatic rings. The van der Waals surface area contributed by atoms with E-state index in [-0.39, 0.29) is 12.2 Å². The molecule has 1 saturated heterocycles. The zero-order valence-corrected chi connectivity index (χ0v) is 20.2. The molecule has 0 bridgehead atoms. The van der Waals surface area contributed by atoms with Crippen molar-refractivity contribution in [1.82, 2.24) is 0 Å². The molecule has 1 aliphatic rings. The quantitative estimate of drug-likeness (QED) is 0.316. The first-order chi connectivity index (χ1) is 17.3. The highest BCUT2D eigenvalue weighted by Crippen LogP contribution is 2.32. The van der Waals surface area contributed by atoms with Gasteiger partial charge in [-0.1, -0.05) is 97.1 Å². The average Bonchev–Trinajstić information content (AvgIpc) is 2.92. The van der Waals surface area contributed by atoms with Crippen molar-refractivity contribution in [2.75, 3.05) is 7.11 Å². The van der Waals surface area contributed by atoms with E-state index >= 15 is 0 Å². The van der Waals surface area contributed by atoms with Crippen LogP contribution in [0.1, 0.15) is 23.1 Å². The molecule has 0 aliphatic carbocycles. The van der Waals surface area contributed by atoms with Crippen molar-refractivity contribution < 1.29 is 23.7 Å². The Kier molecular flexibility index (Phi) is 9.64. The summed E-state index contributed by atoms with van der Waals surface area (Å²) < 4.78 is 31.5. The normalized spacial score (nSPS) is 24.2. The second-order valence-electron chi connectivity index (χ2n) is 8.59. The maximum Gasteiger partial charge on any atom is 0.186 e. The summed E-state index contributed by atoms with van der Waals surface area (Å²) in [5.74, 6) is 0. The van der Waals surface area contributed by atoms with Gasteiger partial charge in [-0.05, 0) is 23.1 Å². The van der Waals surface area contributed by atoms with Crippen LogP contribution in [0.3, 0.4) is 0 Å². The number of ether oxygens (including phenoxy) is 5. The molecule has 5 nitrogen and oxygen atoms in total. The van der Waals surface area contributed by atoms with Gasteiger partial charge < -0.3 is 23.7 Å². The van der Waals surface area contributed by atoms with Crippen LogP contribution in [-0.4, -0.2) is 37.8 Å². The minimum absolute atomic E-state index is 0.279. The largest absolute Gasteiger partial charge is 0.368 e. The molecule has 0 amide bonds. The van der Waals surface area contributed by atoms with Crippen LogP contribution < -0.4 is 0 Å². The Morgan fingerprint density at radius 1 is 0.657 bits per heavy atom. The first kappa shape index (κ1) is 25.3. The van der Waals surface area contributed by atoms with E-state index in [0.717, 1.165) is 16.7 Å². The lowest BCUT2D eigenvalue weighted by atomic mass is 9.95. The maximum absolute atomic E-state index is 6.54.